The van der Waals surface area contributed by atoms with Gasteiger partial charge >= 0.3 is 11.9 Å². The zero-order valence-electron chi connectivity index (χ0n) is 9.54. The van der Waals surface area contributed by atoms with Gasteiger partial charge in [-0.05, 0) is 6.42 Å². The summed E-state index contributed by atoms with van der Waals surface area (Å²) < 4.78 is 9.83. The van der Waals surface area contributed by atoms with E-state index in [4.69, 9.17) is 9.47 Å². The van der Waals surface area contributed by atoms with Gasteiger partial charge in [-0.3, -0.25) is 9.59 Å². The summed E-state index contributed by atoms with van der Waals surface area (Å²) in [6.07, 6.45) is 2.33. The van der Waals surface area contributed by atoms with Crippen LogP contribution in [-0.2, 0) is 19.1 Å². The molecule has 15 heavy (non-hydrogen) atoms. The number of carbonyl (C=O) groups excluding carboxylic acids is 2. The van der Waals surface area contributed by atoms with Gasteiger partial charge in [-0.2, -0.15) is 0 Å². The maximum Gasteiger partial charge on any atom is 0.302 e. The molecule has 0 saturated carbocycles. The van der Waals surface area contributed by atoms with Crippen molar-refractivity contribution in [3.8, 4) is 0 Å². The average Bonchev–Trinajstić information content (AvgIpc) is 2.13. The molecular weight excluding hydrogens is 196 g/mol. The molecule has 0 aliphatic heterocycles. The Morgan fingerprint density at radius 3 is 1.87 bits per heavy atom. The van der Waals surface area contributed by atoms with E-state index in [2.05, 4.69) is 6.58 Å². The van der Waals surface area contributed by atoms with Crippen molar-refractivity contribution in [3.63, 3.8) is 0 Å². The number of rotatable bonds is 6. The van der Waals surface area contributed by atoms with E-state index in [1.807, 2.05) is 6.92 Å². The van der Waals surface area contributed by atoms with Crippen LogP contribution in [-0.4, -0.2) is 25.2 Å². The summed E-state index contributed by atoms with van der Waals surface area (Å²) in [6, 6.07) is 0. The molecule has 0 fully saturated rings. The van der Waals surface area contributed by atoms with E-state index in [1.165, 1.54) is 13.8 Å². The highest BCUT2D eigenvalue weighted by molar-refractivity contribution is 5.66. The minimum Gasteiger partial charge on any atom is -0.465 e. The summed E-state index contributed by atoms with van der Waals surface area (Å²) in [7, 11) is 0. The van der Waals surface area contributed by atoms with E-state index in [-0.39, 0.29) is 30.6 Å². The number of hydrogen-bond donors (Lipinski definition) is 0. The Bertz CT molecular complexity index is 227. The molecule has 0 unspecified atom stereocenters. The van der Waals surface area contributed by atoms with Gasteiger partial charge in [0.2, 0.25) is 0 Å². The van der Waals surface area contributed by atoms with E-state index in [0.29, 0.717) is 6.42 Å². The molecule has 0 aromatic heterocycles. The van der Waals surface area contributed by atoms with Crippen molar-refractivity contribution in [2.24, 2.45) is 5.41 Å². The van der Waals surface area contributed by atoms with Crippen molar-refractivity contribution in [2.45, 2.75) is 27.2 Å². The molecule has 0 saturated heterocycles. The van der Waals surface area contributed by atoms with Crippen LogP contribution in [0.5, 0.6) is 0 Å². The lowest BCUT2D eigenvalue weighted by atomic mass is 9.89. The monoisotopic (exact) mass is 214 g/mol. The van der Waals surface area contributed by atoms with Crippen LogP contribution >= 0.6 is 0 Å². The van der Waals surface area contributed by atoms with E-state index >= 15 is 0 Å². The first-order valence-electron chi connectivity index (χ1n) is 4.77. The Morgan fingerprint density at radius 1 is 1.20 bits per heavy atom. The molecule has 0 spiro atoms. The van der Waals surface area contributed by atoms with Gasteiger partial charge in [0.25, 0.3) is 0 Å². The number of allylic oxidation sites excluding steroid dienone is 1. The maximum absolute atomic E-state index is 10.7. The molecular formula is C11H18O4. The second-order valence-electron chi connectivity index (χ2n) is 3.86. The van der Waals surface area contributed by atoms with E-state index in [0.717, 1.165) is 0 Å². The third kappa shape index (κ3) is 6.71. The van der Waals surface area contributed by atoms with Crippen LogP contribution in [0.25, 0.3) is 0 Å². The van der Waals surface area contributed by atoms with Crippen LogP contribution in [0, 0.1) is 5.41 Å². The van der Waals surface area contributed by atoms with Crippen molar-refractivity contribution in [1.29, 1.82) is 0 Å². The van der Waals surface area contributed by atoms with E-state index in [9.17, 15) is 9.59 Å². The van der Waals surface area contributed by atoms with Crippen LogP contribution in [0.2, 0.25) is 0 Å². The smallest absolute Gasteiger partial charge is 0.302 e. The second kappa shape index (κ2) is 6.22. The zero-order valence-corrected chi connectivity index (χ0v) is 9.54. The average molecular weight is 214 g/mol. The molecule has 0 bridgehead atoms. The van der Waals surface area contributed by atoms with Gasteiger partial charge in [0.15, 0.2) is 0 Å². The number of esters is 2. The summed E-state index contributed by atoms with van der Waals surface area (Å²) in [6.45, 7) is 8.64. The third-order valence-electron chi connectivity index (χ3n) is 1.88. The number of ether oxygens (including phenoxy) is 2. The molecule has 4 heteroatoms. The molecule has 86 valence electrons. The fraction of sp³-hybridized carbons (Fsp3) is 0.636. The van der Waals surface area contributed by atoms with Crippen LogP contribution in [0.1, 0.15) is 27.2 Å². The van der Waals surface area contributed by atoms with E-state index < -0.39 is 0 Å². The molecule has 0 N–H and O–H groups in total. The Hall–Kier alpha value is -1.32. The van der Waals surface area contributed by atoms with Crippen LogP contribution in [0.4, 0.5) is 0 Å². The molecule has 0 aromatic rings. The molecule has 0 atom stereocenters. The largest absolute Gasteiger partial charge is 0.465 e. The lowest BCUT2D eigenvalue weighted by Crippen LogP contribution is -2.30. The predicted octanol–water partition coefficient (Wildman–Crippen LogP) is 1.70. The van der Waals surface area contributed by atoms with Crippen molar-refractivity contribution in [1.82, 2.24) is 0 Å². The van der Waals surface area contributed by atoms with Crippen LogP contribution < -0.4 is 0 Å². The first-order chi connectivity index (χ1) is 6.89. The Balaban J connectivity index is 4.22. The highest BCUT2D eigenvalue weighted by atomic mass is 16.5. The second-order valence-corrected chi connectivity index (χ2v) is 3.86. The molecule has 4 nitrogen and oxygen atoms in total. The molecule has 0 aliphatic rings. The summed E-state index contributed by atoms with van der Waals surface area (Å²) in [5, 5.41) is 0. The van der Waals surface area contributed by atoms with Gasteiger partial charge < -0.3 is 9.47 Å². The number of carbonyl (C=O) groups is 2. The van der Waals surface area contributed by atoms with Crippen molar-refractivity contribution < 1.29 is 19.1 Å². The quantitative estimate of drug-likeness (QED) is 0.498. The Morgan fingerprint density at radius 2 is 1.60 bits per heavy atom. The predicted molar refractivity (Wildman–Crippen MR) is 56.2 cm³/mol. The number of hydrogen-bond acceptors (Lipinski definition) is 4. The van der Waals surface area contributed by atoms with Crippen LogP contribution in [0.3, 0.4) is 0 Å². The first kappa shape index (κ1) is 13.7. The van der Waals surface area contributed by atoms with Gasteiger partial charge in [-0.25, -0.2) is 0 Å². The fourth-order valence-electron chi connectivity index (χ4n) is 1.06. The van der Waals surface area contributed by atoms with Crippen molar-refractivity contribution in [3.05, 3.63) is 12.7 Å². The SMILES string of the molecule is C=CCC(C)(COC(C)=O)COC(C)=O. The van der Waals surface area contributed by atoms with Gasteiger partial charge in [-0.1, -0.05) is 13.0 Å². The van der Waals surface area contributed by atoms with Gasteiger partial charge in [-0.15, -0.1) is 6.58 Å². The van der Waals surface area contributed by atoms with Crippen molar-refractivity contribution >= 4 is 11.9 Å². The lowest BCUT2D eigenvalue weighted by molar-refractivity contribution is -0.150. The third-order valence-corrected chi connectivity index (χ3v) is 1.88. The first-order valence-corrected chi connectivity index (χ1v) is 4.77. The van der Waals surface area contributed by atoms with Gasteiger partial charge in [0.05, 0.1) is 0 Å². The Labute approximate surface area is 90.2 Å². The normalized spacial score (nSPS) is 10.6. The maximum atomic E-state index is 10.7. The van der Waals surface area contributed by atoms with Gasteiger partial charge in [0, 0.05) is 19.3 Å². The van der Waals surface area contributed by atoms with Crippen molar-refractivity contribution in [2.75, 3.05) is 13.2 Å². The molecule has 0 amide bonds. The summed E-state index contributed by atoms with van der Waals surface area (Å²) >= 11 is 0. The zero-order chi connectivity index (χ0) is 11.9. The molecule has 0 aliphatic carbocycles. The summed E-state index contributed by atoms with van der Waals surface area (Å²) in [5.41, 5.74) is -0.390. The highest BCUT2D eigenvalue weighted by Gasteiger charge is 2.26. The minimum atomic E-state index is -0.390. The Kier molecular flexibility index (Phi) is 5.67. The summed E-state index contributed by atoms with van der Waals surface area (Å²) in [4.78, 5) is 21.4. The molecule has 0 radical (unpaired) electrons. The molecule has 0 heterocycles. The topological polar surface area (TPSA) is 52.6 Å². The van der Waals surface area contributed by atoms with Crippen LogP contribution in [0.15, 0.2) is 12.7 Å². The standard InChI is InChI=1S/C11H18O4/c1-5-6-11(4,7-14-9(2)12)8-15-10(3)13/h5H,1,6-8H2,2-4H3. The fourth-order valence-corrected chi connectivity index (χ4v) is 1.06. The summed E-state index contributed by atoms with van der Waals surface area (Å²) in [5.74, 6) is -0.679. The minimum absolute atomic E-state index is 0.224. The van der Waals surface area contributed by atoms with Gasteiger partial charge in [0.1, 0.15) is 13.2 Å². The highest BCUT2D eigenvalue weighted by Crippen LogP contribution is 2.23. The lowest BCUT2D eigenvalue weighted by Gasteiger charge is -2.26. The van der Waals surface area contributed by atoms with E-state index in [1.54, 1.807) is 6.08 Å². The molecule has 0 rings (SSSR count). The molecule has 0 aromatic carbocycles.